The van der Waals surface area contributed by atoms with Crippen LogP contribution in [0.5, 0.6) is 0 Å². The molecule has 0 rings (SSSR count). The highest BCUT2D eigenvalue weighted by Crippen LogP contribution is 1.94. The molecular weight excluding hydrogens is 196 g/mol. The lowest BCUT2D eigenvalue weighted by atomic mass is 10.2. The van der Waals surface area contributed by atoms with Crippen LogP contribution in [0, 0.1) is 11.8 Å². The smallest absolute Gasteiger partial charge is 0.300 e. The fraction of sp³-hybridized carbons (Fsp3) is 0.909. The molecule has 0 aliphatic rings. The second-order valence-corrected chi connectivity index (χ2v) is 4.00. The summed E-state index contributed by atoms with van der Waals surface area (Å²) < 4.78 is 0. The summed E-state index contributed by atoms with van der Waals surface area (Å²) in [7, 11) is 0. The van der Waals surface area contributed by atoms with E-state index < -0.39 is 5.97 Å². The summed E-state index contributed by atoms with van der Waals surface area (Å²) in [5.74, 6) is 0.255. The van der Waals surface area contributed by atoms with Crippen LogP contribution < -0.4 is 0 Å². The van der Waals surface area contributed by atoms with Crippen molar-refractivity contribution in [1.82, 2.24) is 0 Å². The van der Waals surface area contributed by atoms with Crippen LogP contribution in [0.1, 0.15) is 41.0 Å². The largest absolute Gasteiger partial charge is 0.481 e. The summed E-state index contributed by atoms with van der Waals surface area (Å²) in [6.45, 7) is 9.85. The zero-order valence-electron chi connectivity index (χ0n) is 10.5. The summed E-state index contributed by atoms with van der Waals surface area (Å²) in [4.78, 5) is 9.00. The number of carbonyl (C=O) groups is 1. The maximum absolute atomic E-state index is 9.00. The molecule has 94 valence electrons. The minimum absolute atomic E-state index is 0.306. The van der Waals surface area contributed by atoms with E-state index in [2.05, 4.69) is 13.8 Å². The molecule has 0 amide bonds. The first kappa shape index (κ1) is 19.9. The number of aliphatic hydroxyl groups is 2. The second-order valence-electron chi connectivity index (χ2n) is 4.00. The fourth-order valence-electron chi connectivity index (χ4n) is 0.258. The third-order valence-corrected chi connectivity index (χ3v) is 1.07. The number of rotatable bonds is 3. The van der Waals surface area contributed by atoms with Crippen molar-refractivity contribution in [3.63, 3.8) is 0 Å². The van der Waals surface area contributed by atoms with Gasteiger partial charge in [0, 0.05) is 20.1 Å². The predicted octanol–water partition coefficient (Wildman–Crippen LogP) is 1.75. The maximum atomic E-state index is 9.00. The van der Waals surface area contributed by atoms with Gasteiger partial charge in [-0.15, -0.1) is 0 Å². The Morgan fingerprint density at radius 3 is 1.33 bits per heavy atom. The molecule has 0 saturated heterocycles. The van der Waals surface area contributed by atoms with Crippen LogP contribution in [0.15, 0.2) is 0 Å². The van der Waals surface area contributed by atoms with Crippen molar-refractivity contribution in [1.29, 1.82) is 0 Å². The quantitative estimate of drug-likeness (QED) is 0.680. The Hall–Kier alpha value is -0.610. The molecule has 0 aliphatic heterocycles. The molecule has 0 saturated carbocycles. The molecule has 0 unspecified atom stereocenters. The molecule has 0 atom stereocenters. The number of carboxylic acids is 1. The lowest BCUT2D eigenvalue weighted by Gasteiger charge is -1.95. The van der Waals surface area contributed by atoms with Crippen molar-refractivity contribution in [2.24, 2.45) is 11.8 Å². The van der Waals surface area contributed by atoms with Crippen molar-refractivity contribution in [2.75, 3.05) is 13.2 Å². The van der Waals surface area contributed by atoms with Crippen LogP contribution in [-0.4, -0.2) is 34.5 Å². The van der Waals surface area contributed by atoms with Crippen LogP contribution in [-0.2, 0) is 4.79 Å². The van der Waals surface area contributed by atoms with Crippen LogP contribution in [0.25, 0.3) is 0 Å². The van der Waals surface area contributed by atoms with Gasteiger partial charge in [-0.25, -0.2) is 0 Å². The number of aliphatic hydroxyl groups excluding tert-OH is 2. The van der Waals surface area contributed by atoms with E-state index in [-0.39, 0.29) is 0 Å². The van der Waals surface area contributed by atoms with E-state index in [9.17, 15) is 0 Å². The van der Waals surface area contributed by atoms with Gasteiger partial charge in [-0.2, -0.15) is 0 Å². The zero-order valence-corrected chi connectivity index (χ0v) is 10.5. The van der Waals surface area contributed by atoms with E-state index in [0.717, 1.165) is 13.3 Å². The standard InChI is InChI=1S/C5H12O.C4H10O.C2H4O2/c1-5(2)3-4-6;1-4(2)3-5;1-2(3)4/h5-6H,3-4H2,1-2H3;4-5H,3H2,1-2H3;1H3,(H,3,4). The molecule has 0 aromatic heterocycles. The van der Waals surface area contributed by atoms with Crippen molar-refractivity contribution in [3.05, 3.63) is 0 Å². The Kier molecular flexibility index (Phi) is 21.0. The van der Waals surface area contributed by atoms with Gasteiger partial charge in [-0.3, -0.25) is 4.79 Å². The summed E-state index contributed by atoms with van der Waals surface area (Å²) in [6, 6.07) is 0. The van der Waals surface area contributed by atoms with Crippen molar-refractivity contribution >= 4 is 5.97 Å². The lowest BCUT2D eigenvalue weighted by Crippen LogP contribution is -1.90. The molecule has 0 radical (unpaired) electrons. The summed E-state index contributed by atoms with van der Waals surface area (Å²) in [5.41, 5.74) is 0. The first-order valence-corrected chi connectivity index (χ1v) is 5.19. The maximum Gasteiger partial charge on any atom is 0.300 e. The number of carboxylic acid groups (broad SMARTS) is 1. The topological polar surface area (TPSA) is 77.8 Å². The van der Waals surface area contributed by atoms with E-state index in [1.54, 1.807) is 0 Å². The molecule has 0 aliphatic carbocycles. The van der Waals surface area contributed by atoms with Crippen LogP contribution in [0.3, 0.4) is 0 Å². The van der Waals surface area contributed by atoms with Gasteiger partial charge in [0.15, 0.2) is 0 Å². The van der Waals surface area contributed by atoms with Gasteiger partial charge in [0.05, 0.1) is 0 Å². The fourth-order valence-corrected chi connectivity index (χ4v) is 0.258. The number of hydrogen-bond acceptors (Lipinski definition) is 3. The minimum atomic E-state index is -0.833. The Morgan fingerprint density at radius 2 is 1.33 bits per heavy atom. The van der Waals surface area contributed by atoms with Gasteiger partial charge in [0.2, 0.25) is 0 Å². The van der Waals surface area contributed by atoms with Crippen LogP contribution in [0.2, 0.25) is 0 Å². The van der Waals surface area contributed by atoms with Gasteiger partial charge in [0.25, 0.3) is 5.97 Å². The van der Waals surface area contributed by atoms with E-state index in [0.29, 0.717) is 25.0 Å². The van der Waals surface area contributed by atoms with E-state index >= 15 is 0 Å². The third-order valence-electron chi connectivity index (χ3n) is 1.07. The summed E-state index contributed by atoms with van der Waals surface area (Å²) >= 11 is 0. The molecule has 3 N–H and O–H groups in total. The van der Waals surface area contributed by atoms with Crippen molar-refractivity contribution in [3.8, 4) is 0 Å². The van der Waals surface area contributed by atoms with Crippen LogP contribution in [0.4, 0.5) is 0 Å². The first-order chi connectivity index (χ1) is 6.77. The molecule has 4 nitrogen and oxygen atoms in total. The molecule has 15 heavy (non-hydrogen) atoms. The van der Waals surface area contributed by atoms with E-state index in [1.165, 1.54) is 0 Å². The Morgan fingerprint density at radius 1 is 1.07 bits per heavy atom. The zero-order chi connectivity index (χ0) is 12.9. The average Bonchev–Trinajstić information content (AvgIpc) is 2.03. The van der Waals surface area contributed by atoms with Gasteiger partial charge in [-0.05, 0) is 18.3 Å². The molecule has 0 fully saturated rings. The van der Waals surface area contributed by atoms with Crippen LogP contribution >= 0.6 is 0 Å². The average molecular weight is 222 g/mol. The van der Waals surface area contributed by atoms with Crippen molar-refractivity contribution < 1.29 is 20.1 Å². The monoisotopic (exact) mass is 222 g/mol. The summed E-state index contributed by atoms with van der Waals surface area (Å²) in [5, 5.41) is 23.8. The predicted molar refractivity (Wildman–Crippen MR) is 61.8 cm³/mol. The highest BCUT2D eigenvalue weighted by molar-refractivity contribution is 5.62. The van der Waals surface area contributed by atoms with Crippen molar-refractivity contribution in [2.45, 2.75) is 41.0 Å². The first-order valence-electron chi connectivity index (χ1n) is 5.19. The van der Waals surface area contributed by atoms with Gasteiger partial charge < -0.3 is 15.3 Å². The van der Waals surface area contributed by atoms with E-state index in [1.807, 2.05) is 13.8 Å². The van der Waals surface area contributed by atoms with Gasteiger partial charge >= 0.3 is 0 Å². The Labute approximate surface area is 92.9 Å². The number of aliphatic carboxylic acids is 1. The highest BCUT2D eigenvalue weighted by atomic mass is 16.4. The summed E-state index contributed by atoms with van der Waals surface area (Å²) in [6.07, 6.45) is 0.931. The number of hydrogen-bond donors (Lipinski definition) is 3. The minimum Gasteiger partial charge on any atom is -0.481 e. The molecular formula is C11H26O4. The molecule has 0 bridgehead atoms. The Balaban J connectivity index is -0.000000147. The molecule has 0 aromatic carbocycles. The third kappa shape index (κ3) is 90.1. The second kappa shape index (κ2) is 15.8. The van der Waals surface area contributed by atoms with Gasteiger partial charge in [-0.1, -0.05) is 27.7 Å². The Bertz CT molecular complexity index is 118. The normalized spacial score (nSPS) is 8.87. The molecule has 0 aromatic rings. The van der Waals surface area contributed by atoms with Gasteiger partial charge in [0.1, 0.15) is 0 Å². The molecule has 0 heterocycles. The SMILES string of the molecule is CC(=O)O.CC(C)CCO.CC(C)CO. The van der Waals surface area contributed by atoms with E-state index in [4.69, 9.17) is 20.1 Å². The highest BCUT2D eigenvalue weighted by Gasteiger charge is 1.86. The molecule has 4 heteroatoms. The molecule has 0 spiro atoms. The lowest BCUT2D eigenvalue weighted by molar-refractivity contribution is -0.134.